The van der Waals surface area contributed by atoms with E-state index in [0.29, 0.717) is 17.5 Å². The first-order valence-corrected chi connectivity index (χ1v) is 10.8. The molecular weight excluding hydrogens is 382 g/mol. The minimum Gasteiger partial charge on any atom is -0.465 e. The zero-order chi connectivity index (χ0) is 22.1. The standard InChI is InChI=1S/C23H35N3O4/c1-14-19(10-9-18(21(27)29-6)20(14)25-17-7-8-17)26-12-11-16(13-26)15(2)24-22(28)30-23(3,4)5/h9-10,15-17,25H,7-8,11-13H2,1-6H3,(H,24,28)/t15-,16+/m0/s1. The summed E-state index contributed by atoms with van der Waals surface area (Å²) in [6.45, 7) is 11.4. The Kier molecular flexibility index (Phi) is 6.48. The minimum atomic E-state index is -0.505. The number of carbonyl (C=O) groups is 2. The summed E-state index contributed by atoms with van der Waals surface area (Å²) in [7, 11) is 1.41. The molecular formula is C23H35N3O4. The summed E-state index contributed by atoms with van der Waals surface area (Å²) in [5, 5.41) is 6.49. The summed E-state index contributed by atoms with van der Waals surface area (Å²) in [6, 6.07) is 4.32. The highest BCUT2D eigenvalue weighted by Gasteiger charge is 2.32. The Morgan fingerprint density at radius 1 is 1.20 bits per heavy atom. The number of anilines is 2. The fourth-order valence-electron chi connectivity index (χ4n) is 3.97. The molecule has 0 bridgehead atoms. The van der Waals surface area contributed by atoms with Crippen LogP contribution < -0.4 is 15.5 Å². The van der Waals surface area contributed by atoms with Gasteiger partial charge in [-0.15, -0.1) is 0 Å². The van der Waals surface area contributed by atoms with Crippen molar-refractivity contribution in [2.24, 2.45) is 5.92 Å². The van der Waals surface area contributed by atoms with E-state index in [9.17, 15) is 9.59 Å². The van der Waals surface area contributed by atoms with Crippen molar-refractivity contribution in [2.45, 2.75) is 71.6 Å². The lowest BCUT2D eigenvalue weighted by Crippen LogP contribution is -2.42. The summed E-state index contributed by atoms with van der Waals surface area (Å²) < 4.78 is 10.4. The smallest absolute Gasteiger partial charge is 0.407 e. The normalized spacial score (nSPS) is 19.9. The number of ether oxygens (including phenoxy) is 2. The summed E-state index contributed by atoms with van der Waals surface area (Å²) in [4.78, 5) is 26.7. The second kappa shape index (κ2) is 8.74. The van der Waals surface area contributed by atoms with Crippen LogP contribution in [0.2, 0.25) is 0 Å². The summed E-state index contributed by atoms with van der Waals surface area (Å²) in [6.07, 6.45) is 2.87. The Labute approximate surface area is 179 Å². The van der Waals surface area contributed by atoms with Gasteiger partial charge in [-0.1, -0.05) is 0 Å². The van der Waals surface area contributed by atoms with Crippen molar-refractivity contribution in [1.29, 1.82) is 0 Å². The average molecular weight is 418 g/mol. The lowest BCUT2D eigenvalue weighted by molar-refractivity contribution is 0.0493. The number of esters is 1. The molecule has 7 heteroatoms. The van der Waals surface area contributed by atoms with Gasteiger partial charge in [-0.25, -0.2) is 9.59 Å². The molecule has 30 heavy (non-hydrogen) atoms. The first kappa shape index (κ1) is 22.2. The zero-order valence-corrected chi connectivity index (χ0v) is 19.0. The van der Waals surface area contributed by atoms with E-state index in [0.717, 1.165) is 49.3 Å². The Balaban J connectivity index is 1.71. The highest BCUT2D eigenvalue weighted by Crippen LogP contribution is 2.37. The number of hydrogen-bond acceptors (Lipinski definition) is 6. The molecule has 0 aromatic heterocycles. The van der Waals surface area contributed by atoms with Gasteiger partial charge in [-0.05, 0) is 77.5 Å². The molecule has 3 rings (SSSR count). The molecule has 1 saturated heterocycles. The van der Waals surface area contributed by atoms with E-state index in [-0.39, 0.29) is 18.1 Å². The second-order valence-corrected chi connectivity index (χ2v) is 9.47. The van der Waals surface area contributed by atoms with E-state index in [2.05, 4.69) is 22.5 Å². The number of methoxy groups -OCH3 is 1. The summed E-state index contributed by atoms with van der Waals surface area (Å²) >= 11 is 0. The molecule has 1 heterocycles. The molecule has 0 spiro atoms. The van der Waals surface area contributed by atoms with Gasteiger partial charge in [0.2, 0.25) is 0 Å². The van der Waals surface area contributed by atoms with Gasteiger partial charge in [0, 0.05) is 30.9 Å². The zero-order valence-electron chi connectivity index (χ0n) is 19.0. The van der Waals surface area contributed by atoms with Crippen LogP contribution in [0.4, 0.5) is 16.2 Å². The number of benzene rings is 1. The quantitative estimate of drug-likeness (QED) is 0.679. The Morgan fingerprint density at radius 3 is 2.50 bits per heavy atom. The van der Waals surface area contributed by atoms with E-state index in [1.807, 2.05) is 39.8 Å². The van der Waals surface area contributed by atoms with Crippen LogP contribution in [0.5, 0.6) is 0 Å². The summed E-state index contributed by atoms with van der Waals surface area (Å²) in [5.41, 5.74) is 3.15. The highest BCUT2D eigenvalue weighted by atomic mass is 16.6. The highest BCUT2D eigenvalue weighted by molar-refractivity contribution is 5.98. The Bertz CT molecular complexity index is 798. The van der Waals surface area contributed by atoms with Crippen molar-refractivity contribution in [3.63, 3.8) is 0 Å². The molecule has 1 aromatic rings. The van der Waals surface area contributed by atoms with E-state index in [4.69, 9.17) is 9.47 Å². The fraction of sp³-hybridized carbons (Fsp3) is 0.652. The molecule has 166 valence electrons. The van der Waals surface area contributed by atoms with Crippen LogP contribution in [0, 0.1) is 12.8 Å². The average Bonchev–Trinajstić information content (AvgIpc) is 3.33. The maximum Gasteiger partial charge on any atom is 0.407 e. The molecule has 1 amide bonds. The molecule has 2 fully saturated rings. The van der Waals surface area contributed by atoms with Crippen molar-refractivity contribution in [3.8, 4) is 0 Å². The lowest BCUT2D eigenvalue weighted by Gasteiger charge is -2.26. The van der Waals surface area contributed by atoms with Gasteiger partial charge >= 0.3 is 12.1 Å². The number of alkyl carbamates (subject to hydrolysis) is 1. The van der Waals surface area contributed by atoms with Crippen molar-refractivity contribution < 1.29 is 19.1 Å². The van der Waals surface area contributed by atoms with Crippen LogP contribution in [0.1, 0.15) is 62.9 Å². The topological polar surface area (TPSA) is 79.9 Å². The maximum atomic E-state index is 12.2. The predicted molar refractivity (Wildman–Crippen MR) is 118 cm³/mol. The molecule has 2 aliphatic rings. The molecule has 0 unspecified atom stereocenters. The first-order valence-electron chi connectivity index (χ1n) is 10.8. The Morgan fingerprint density at radius 2 is 1.90 bits per heavy atom. The largest absolute Gasteiger partial charge is 0.465 e. The maximum absolute atomic E-state index is 12.2. The second-order valence-electron chi connectivity index (χ2n) is 9.47. The molecule has 2 atom stereocenters. The molecule has 0 radical (unpaired) electrons. The van der Waals surface area contributed by atoms with Crippen molar-refractivity contribution in [2.75, 3.05) is 30.4 Å². The van der Waals surface area contributed by atoms with Crippen molar-refractivity contribution >= 4 is 23.4 Å². The third-order valence-corrected chi connectivity index (χ3v) is 5.78. The van der Waals surface area contributed by atoms with Crippen LogP contribution in [-0.4, -0.2) is 49.9 Å². The molecule has 1 aliphatic heterocycles. The molecule has 7 nitrogen and oxygen atoms in total. The van der Waals surface area contributed by atoms with Crippen molar-refractivity contribution in [1.82, 2.24) is 5.32 Å². The van der Waals surface area contributed by atoms with Gasteiger partial charge in [0.15, 0.2) is 0 Å². The number of hydrogen-bond donors (Lipinski definition) is 2. The monoisotopic (exact) mass is 417 g/mol. The lowest BCUT2D eigenvalue weighted by atomic mass is 10.0. The number of nitrogens with zero attached hydrogens (tertiary/aromatic N) is 1. The molecule has 1 saturated carbocycles. The van der Waals surface area contributed by atoms with Gasteiger partial charge in [-0.2, -0.15) is 0 Å². The number of rotatable bonds is 6. The van der Waals surface area contributed by atoms with Crippen LogP contribution in [0.25, 0.3) is 0 Å². The van der Waals surface area contributed by atoms with Crippen LogP contribution in [0.15, 0.2) is 12.1 Å². The van der Waals surface area contributed by atoms with E-state index < -0.39 is 5.60 Å². The van der Waals surface area contributed by atoms with Gasteiger partial charge in [-0.3, -0.25) is 0 Å². The minimum absolute atomic E-state index is 0.0172. The van der Waals surface area contributed by atoms with Gasteiger partial charge in [0.25, 0.3) is 0 Å². The van der Waals surface area contributed by atoms with E-state index in [1.165, 1.54) is 7.11 Å². The third kappa shape index (κ3) is 5.37. The van der Waals surface area contributed by atoms with Crippen LogP contribution in [-0.2, 0) is 9.47 Å². The SMILES string of the molecule is COC(=O)c1ccc(N2CC[C@@H]([C@H](C)NC(=O)OC(C)(C)C)C2)c(C)c1NC1CC1. The van der Waals surface area contributed by atoms with Crippen LogP contribution in [0.3, 0.4) is 0 Å². The number of nitrogens with one attached hydrogen (secondary N) is 2. The number of carbonyl (C=O) groups excluding carboxylic acids is 2. The van der Waals surface area contributed by atoms with Gasteiger partial charge in [0.1, 0.15) is 5.60 Å². The van der Waals surface area contributed by atoms with Gasteiger partial charge in [0.05, 0.1) is 18.4 Å². The van der Waals surface area contributed by atoms with E-state index in [1.54, 1.807) is 0 Å². The molecule has 1 aromatic carbocycles. The fourth-order valence-corrected chi connectivity index (χ4v) is 3.97. The molecule has 2 N–H and O–H groups in total. The van der Waals surface area contributed by atoms with Crippen molar-refractivity contribution in [3.05, 3.63) is 23.3 Å². The summed E-state index contributed by atoms with van der Waals surface area (Å²) in [5.74, 6) is 0.0133. The van der Waals surface area contributed by atoms with Crippen LogP contribution >= 0.6 is 0 Å². The first-order chi connectivity index (χ1) is 14.1. The predicted octanol–water partition coefficient (Wildman–Crippen LogP) is 4.10. The van der Waals surface area contributed by atoms with E-state index >= 15 is 0 Å². The molecule has 1 aliphatic carbocycles. The third-order valence-electron chi connectivity index (χ3n) is 5.78. The Hall–Kier alpha value is -2.44. The van der Waals surface area contributed by atoms with Gasteiger partial charge < -0.3 is 25.0 Å². The number of amides is 1.